The highest BCUT2D eigenvalue weighted by Crippen LogP contribution is 2.37. The molecule has 36 heavy (non-hydrogen) atoms. The van der Waals surface area contributed by atoms with Crippen molar-refractivity contribution in [3.05, 3.63) is 65.7 Å². The monoisotopic (exact) mass is 489 g/mol. The predicted octanol–water partition coefficient (Wildman–Crippen LogP) is 3.22. The Kier molecular flexibility index (Phi) is 8.63. The molecule has 1 atom stereocenters. The molecule has 0 spiro atoms. The maximum absolute atomic E-state index is 13.7. The van der Waals surface area contributed by atoms with Crippen LogP contribution in [0.1, 0.15) is 37.3 Å². The second-order valence-corrected chi connectivity index (χ2v) is 9.48. The summed E-state index contributed by atoms with van der Waals surface area (Å²) in [5, 5.41) is 12.1. The number of benzene rings is 2. The van der Waals surface area contributed by atoms with Crippen LogP contribution in [0.5, 0.6) is 5.75 Å². The van der Waals surface area contributed by atoms with Crippen LogP contribution in [0.15, 0.2) is 54.6 Å². The summed E-state index contributed by atoms with van der Waals surface area (Å²) in [6, 6.07) is 17.7. The molecule has 0 saturated carbocycles. The summed E-state index contributed by atoms with van der Waals surface area (Å²) >= 11 is 0. The number of likely N-dealkylation sites (tertiary alicyclic amines) is 1. The van der Waals surface area contributed by atoms with E-state index in [9.17, 15) is 9.59 Å². The molecule has 7 heteroatoms. The van der Waals surface area contributed by atoms with Gasteiger partial charge in [0, 0.05) is 6.54 Å². The summed E-state index contributed by atoms with van der Waals surface area (Å²) in [5.41, 5.74) is 1.41. The van der Waals surface area contributed by atoms with Gasteiger partial charge in [-0.2, -0.15) is 0 Å². The number of hydrogen-bond donors (Lipinski definition) is 2. The summed E-state index contributed by atoms with van der Waals surface area (Å²) in [4.78, 5) is 30.2. The first-order valence-corrected chi connectivity index (χ1v) is 12.7. The van der Waals surface area contributed by atoms with Crippen LogP contribution >= 0.6 is 0 Å². The highest BCUT2D eigenvalue weighted by Gasteiger charge is 2.55. The smallest absolute Gasteiger partial charge is 0.325 e. The Balaban J connectivity index is 1.45. The van der Waals surface area contributed by atoms with E-state index in [4.69, 9.17) is 9.84 Å². The molecule has 4 rings (SSSR count). The van der Waals surface area contributed by atoms with Crippen LogP contribution in [0.3, 0.4) is 0 Å². The number of carbonyl (C=O) groups excluding carboxylic acids is 2. The first-order chi connectivity index (χ1) is 17.6. The number of aliphatic hydroxyl groups is 1. The average Bonchev–Trinajstić information content (AvgIpc) is 3.15. The van der Waals surface area contributed by atoms with Gasteiger partial charge in [-0.15, -0.1) is 5.92 Å². The zero-order chi connectivity index (χ0) is 25.4. The minimum Gasteiger partial charge on any atom is -0.491 e. The number of aryl methyl sites for hydroxylation is 1. The van der Waals surface area contributed by atoms with Gasteiger partial charge in [0.2, 0.25) is 0 Å². The Morgan fingerprint density at radius 2 is 1.83 bits per heavy atom. The Hall–Kier alpha value is -3.34. The average molecular weight is 490 g/mol. The standard InChI is InChI=1S/C29H35N3O4/c1-2-3-16-32-27(34)29(30-28(32)35,15-12-23-8-5-4-6-9-23)25-13-17-31(18-14-25)22-24-10-7-11-26(21-24)36-20-19-33/h4-11,21,25,33H,12-20,22H2,1H3,(H,30,35)/t29-/m0/s1. The number of nitrogens with zero attached hydrogens (tertiary/aromatic N) is 2. The number of amides is 3. The molecule has 2 saturated heterocycles. The highest BCUT2D eigenvalue weighted by molar-refractivity contribution is 6.07. The van der Waals surface area contributed by atoms with Crippen molar-refractivity contribution in [2.45, 2.75) is 44.7 Å². The third-order valence-corrected chi connectivity index (χ3v) is 7.22. The number of carbonyl (C=O) groups is 2. The fourth-order valence-corrected chi connectivity index (χ4v) is 5.32. The molecule has 0 bridgehead atoms. The van der Waals surface area contributed by atoms with Crippen molar-refractivity contribution >= 4 is 11.9 Å². The Morgan fingerprint density at radius 1 is 1.08 bits per heavy atom. The molecule has 2 aromatic rings. The first kappa shape index (κ1) is 25.7. The summed E-state index contributed by atoms with van der Waals surface area (Å²) < 4.78 is 5.55. The zero-order valence-electron chi connectivity index (χ0n) is 20.9. The molecule has 0 radical (unpaired) electrons. The number of hydrogen-bond acceptors (Lipinski definition) is 5. The van der Waals surface area contributed by atoms with Gasteiger partial charge in [-0.05, 0) is 74.9 Å². The van der Waals surface area contributed by atoms with Crippen LogP contribution in [0.25, 0.3) is 0 Å². The Morgan fingerprint density at radius 3 is 2.56 bits per heavy atom. The van der Waals surface area contributed by atoms with E-state index in [2.05, 4.69) is 40.3 Å². The Labute approximate surface area is 213 Å². The molecule has 3 amide bonds. The van der Waals surface area contributed by atoms with Crippen molar-refractivity contribution in [3.8, 4) is 17.6 Å². The molecule has 2 N–H and O–H groups in total. The number of rotatable bonds is 10. The maximum atomic E-state index is 13.7. The van der Waals surface area contributed by atoms with Crippen molar-refractivity contribution < 1.29 is 19.4 Å². The number of imide groups is 1. The van der Waals surface area contributed by atoms with Gasteiger partial charge in [-0.25, -0.2) is 4.79 Å². The second-order valence-electron chi connectivity index (χ2n) is 9.48. The summed E-state index contributed by atoms with van der Waals surface area (Å²) in [7, 11) is 0. The lowest BCUT2D eigenvalue weighted by Gasteiger charge is -2.41. The SMILES string of the molecule is CC#CCN1C(=O)N[C@@](CCc2ccccc2)(C2CCN(Cc3cccc(OCCO)c3)CC2)C1=O. The summed E-state index contributed by atoms with van der Waals surface area (Å²) in [6.07, 6.45) is 2.96. The van der Waals surface area contributed by atoms with E-state index in [0.29, 0.717) is 6.42 Å². The number of nitrogens with one attached hydrogen (secondary N) is 1. The van der Waals surface area contributed by atoms with Crippen molar-refractivity contribution in [3.63, 3.8) is 0 Å². The minimum absolute atomic E-state index is 0.0124. The molecule has 0 aliphatic carbocycles. The van der Waals surface area contributed by atoms with E-state index in [1.54, 1.807) is 6.92 Å². The number of ether oxygens (including phenoxy) is 1. The molecule has 2 aliphatic heterocycles. The largest absolute Gasteiger partial charge is 0.491 e. The van der Waals surface area contributed by atoms with E-state index < -0.39 is 5.54 Å². The summed E-state index contributed by atoms with van der Waals surface area (Å²) in [5.74, 6) is 6.35. The molecule has 2 aromatic carbocycles. The van der Waals surface area contributed by atoms with Gasteiger partial charge in [0.25, 0.3) is 5.91 Å². The number of urea groups is 1. The van der Waals surface area contributed by atoms with Gasteiger partial charge < -0.3 is 15.2 Å². The lowest BCUT2D eigenvalue weighted by molar-refractivity contribution is -0.134. The van der Waals surface area contributed by atoms with Gasteiger partial charge in [-0.1, -0.05) is 48.4 Å². The van der Waals surface area contributed by atoms with Gasteiger partial charge in [0.1, 0.15) is 17.9 Å². The molecular formula is C29H35N3O4. The molecule has 2 fully saturated rings. The van der Waals surface area contributed by atoms with Gasteiger partial charge >= 0.3 is 6.03 Å². The van der Waals surface area contributed by atoms with E-state index in [0.717, 1.165) is 55.8 Å². The van der Waals surface area contributed by atoms with Crippen LogP contribution in [-0.2, 0) is 17.8 Å². The van der Waals surface area contributed by atoms with Crippen molar-refractivity contribution in [1.29, 1.82) is 0 Å². The van der Waals surface area contributed by atoms with Crippen molar-refractivity contribution in [2.75, 3.05) is 32.8 Å². The fraction of sp³-hybridized carbons (Fsp3) is 0.448. The third kappa shape index (κ3) is 5.89. The van der Waals surface area contributed by atoms with Crippen LogP contribution in [0.4, 0.5) is 4.79 Å². The third-order valence-electron chi connectivity index (χ3n) is 7.22. The maximum Gasteiger partial charge on any atom is 0.325 e. The van der Waals surface area contributed by atoms with Crippen molar-refractivity contribution in [1.82, 2.24) is 15.1 Å². The molecule has 2 aliphatic rings. The van der Waals surface area contributed by atoms with Crippen molar-refractivity contribution in [2.24, 2.45) is 5.92 Å². The molecule has 7 nitrogen and oxygen atoms in total. The van der Waals surface area contributed by atoms with E-state index in [1.807, 2.05) is 36.4 Å². The van der Waals surface area contributed by atoms with E-state index in [-0.39, 0.29) is 37.6 Å². The number of piperidine rings is 1. The molecule has 190 valence electrons. The summed E-state index contributed by atoms with van der Waals surface area (Å²) in [6.45, 7) is 4.59. The topological polar surface area (TPSA) is 82.1 Å². The molecule has 2 heterocycles. The predicted molar refractivity (Wildman–Crippen MR) is 138 cm³/mol. The van der Waals surface area contributed by atoms with Crippen LogP contribution in [0, 0.1) is 17.8 Å². The van der Waals surface area contributed by atoms with Crippen LogP contribution in [-0.4, -0.2) is 65.2 Å². The minimum atomic E-state index is -0.896. The lowest BCUT2D eigenvalue weighted by Crippen LogP contribution is -2.56. The highest BCUT2D eigenvalue weighted by atomic mass is 16.5. The van der Waals surface area contributed by atoms with Gasteiger partial charge in [0.15, 0.2) is 0 Å². The number of aliphatic hydroxyl groups excluding tert-OH is 1. The molecule has 0 unspecified atom stereocenters. The zero-order valence-corrected chi connectivity index (χ0v) is 20.9. The lowest BCUT2D eigenvalue weighted by atomic mass is 9.74. The van der Waals surface area contributed by atoms with Crippen LogP contribution < -0.4 is 10.1 Å². The normalized spacial score (nSPS) is 20.7. The van der Waals surface area contributed by atoms with E-state index in [1.165, 1.54) is 4.90 Å². The Bertz CT molecular complexity index is 1100. The van der Waals surface area contributed by atoms with Gasteiger partial charge in [-0.3, -0.25) is 14.6 Å². The van der Waals surface area contributed by atoms with Gasteiger partial charge in [0.05, 0.1) is 13.2 Å². The first-order valence-electron chi connectivity index (χ1n) is 12.7. The van der Waals surface area contributed by atoms with Crippen LogP contribution in [0.2, 0.25) is 0 Å². The quantitative estimate of drug-likeness (QED) is 0.396. The molecular weight excluding hydrogens is 454 g/mol. The second kappa shape index (κ2) is 12.1. The molecule has 0 aromatic heterocycles. The fourth-order valence-electron chi connectivity index (χ4n) is 5.32. The van der Waals surface area contributed by atoms with E-state index >= 15 is 0 Å².